The van der Waals surface area contributed by atoms with E-state index in [2.05, 4.69) is 10.1 Å². The van der Waals surface area contributed by atoms with E-state index in [1.165, 1.54) is 18.3 Å². The first-order valence-corrected chi connectivity index (χ1v) is 12.0. The molecule has 0 unspecified atom stereocenters. The van der Waals surface area contributed by atoms with Gasteiger partial charge in [-0.1, -0.05) is 23.7 Å². The van der Waals surface area contributed by atoms with Crippen LogP contribution in [-0.4, -0.2) is 34.0 Å². The van der Waals surface area contributed by atoms with Crippen molar-refractivity contribution in [3.8, 4) is 29.2 Å². The Hall–Kier alpha value is -5.21. The Morgan fingerprint density at radius 3 is 2.79 bits per heavy atom. The highest BCUT2D eigenvalue weighted by molar-refractivity contribution is 6.31. The summed E-state index contributed by atoms with van der Waals surface area (Å²) in [5, 5.41) is 26.5. The summed E-state index contributed by atoms with van der Waals surface area (Å²) >= 11 is 6.12. The summed E-state index contributed by atoms with van der Waals surface area (Å²) in [7, 11) is 0. The second-order valence-electron chi connectivity index (χ2n) is 8.11. The lowest BCUT2D eigenvalue weighted by Gasteiger charge is -2.11. The molecule has 0 aliphatic carbocycles. The predicted octanol–water partition coefficient (Wildman–Crippen LogP) is 5.55. The van der Waals surface area contributed by atoms with Gasteiger partial charge < -0.3 is 13.9 Å². The maximum absolute atomic E-state index is 13.5. The number of para-hydroxylation sites is 1. The number of nitriles is 1. The molecule has 2 heterocycles. The molecule has 11 nitrogen and oxygen atoms in total. The SMILES string of the molecule is CCOc1cc(C=Nn2c(-c3cc4cc(Cl)ccc4o3)nc3ccccc3c2=O)cc([N+](=O)[O-])c1OCC#N. The first-order chi connectivity index (χ1) is 18.9. The van der Waals surface area contributed by atoms with Gasteiger partial charge in [0.15, 0.2) is 18.1 Å². The van der Waals surface area contributed by atoms with Crippen LogP contribution >= 0.6 is 11.6 Å². The Labute approximate surface area is 225 Å². The van der Waals surface area contributed by atoms with Gasteiger partial charge in [0.25, 0.3) is 5.56 Å². The molecule has 0 bridgehead atoms. The number of furan rings is 1. The minimum atomic E-state index is -0.652. The molecule has 0 amide bonds. The number of nitrogens with zero attached hydrogens (tertiary/aromatic N) is 5. The Balaban J connectivity index is 1.68. The summed E-state index contributed by atoms with van der Waals surface area (Å²) in [6.45, 7) is 1.49. The summed E-state index contributed by atoms with van der Waals surface area (Å²) in [4.78, 5) is 29.2. The van der Waals surface area contributed by atoms with E-state index in [1.807, 2.05) is 0 Å². The van der Waals surface area contributed by atoms with Gasteiger partial charge in [-0.15, -0.1) is 0 Å². The molecule has 39 heavy (non-hydrogen) atoms. The highest BCUT2D eigenvalue weighted by Gasteiger charge is 2.23. The van der Waals surface area contributed by atoms with Gasteiger partial charge in [-0.25, -0.2) is 4.98 Å². The molecule has 0 saturated heterocycles. The Morgan fingerprint density at radius 2 is 2.03 bits per heavy atom. The molecule has 5 aromatic rings. The third-order valence-electron chi connectivity index (χ3n) is 5.61. The quantitative estimate of drug-likeness (QED) is 0.140. The predicted molar refractivity (Wildman–Crippen MR) is 145 cm³/mol. The standard InChI is InChI=1S/C27H18ClN5O6/c1-2-37-23-12-16(11-21(33(35)36)25(23)38-10-9-29)15-30-32-26(31-20-6-4-3-5-19(20)27(32)34)24-14-17-13-18(28)7-8-22(17)39-24/h3-8,11-15H,2,10H2,1H3. The summed E-state index contributed by atoms with van der Waals surface area (Å²) < 4.78 is 17.8. The van der Waals surface area contributed by atoms with Crippen LogP contribution in [0.3, 0.4) is 0 Å². The highest BCUT2D eigenvalue weighted by atomic mass is 35.5. The van der Waals surface area contributed by atoms with Crippen molar-refractivity contribution in [2.75, 3.05) is 13.2 Å². The molecule has 3 aromatic carbocycles. The van der Waals surface area contributed by atoms with Crippen LogP contribution in [0.4, 0.5) is 5.69 Å². The lowest BCUT2D eigenvalue weighted by molar-refractivity contribution is -0.385. The summed E-state index contributed by atoms with van der Waals surface area (Å²) in [6, 6.07) is 18.1. The minimum absolute atomic E-state index is 0.0572. The zero-order valence-electron chi connectivity index (χ0n) is 20.3. The van der Waals surface area contributed by atoms with Gasteiger partial charge in [0.05, 0.1) is 28.6 Å². The van der Waals surface area contributed by atoms with Gasteiger partial charge in [0.2, 0.25) is 11.6 Å². The van der Waals surface area contributed by atoms with E-state index in [1.54, 1.807) is 61.5 Å². The van der Waals surface area contributed by atoms with Gasteiger partial charge in [-0.3, -0.25) is 14.9 Å². The van der Waals surface area contributed by atoms with Crippen molar-refractivity contribution in [1.82, 2.24) is 9.66 Å². The second kappa shape index (κ2) is 10.6. The number of rotatable bonds is 8. The topological polar surface area (TPSA) is 146 Å². The fourth-order valence-corrected chi connectivity index (χ4v) is 4.15. The Bertz CT molecular complexity index is 1870. The molecule has 2 aromatic heterocycles. The van der Waals surface area contributed by atoms with Crippen molar-refractivity contribution < 1.29 is 18.8 Å². The molecule has 0 saturated carbocycles. The van der Waals surface area contributed by atoms with Crippen LogP contribution < -0.4 is 15.0 Å². The lowest BCUT2D eigenvalue weighted by Crippen LogP contribution is -2.20. The van der Waals surface area contributed by atoms with Crippen LogP contribution in [-0.2, 0) is 0 Å². The average Bonchev–Trinajstić information content (AvgIpc) is 3.34. The van der Waals surface area contributed by atoms with E-state index in [0.29, 0.717) is 26.9 Å². The van der Waals surface area contributed by atoms with E-state index < -0.39 is 22.8 Å². The molecular weight excluding hydrogens is 526 g/mol. The van der Waals surface area contributed by atoms with E-state index in [9.17, 15) is 14.9 Å². The van der Waals surface area contributed by atoms with Crippen LogP contribution in [0.1, 0.15) is 12.5 Å². The van der Waals surface area contributed by atoms with Crippen LogP contribution in [0, 0.1) is 21.4 Å². The molecular formula is C27H18ClN5O6. The van der Waals surface area contributed by atoms with Gasteiger partial charge in [-0.05, 0) is 49.4 Å². The van der Waals surface area contributed by atoms with E-state index in [0.717, 1.165) is 4.68 Å². The number of halogens is 1. The van der Waals surface area contributed by atoms with Crippen molar-refractivity contribution in [2.24, 2.45) is 5.10 Å². The average molecular weight is 544 g/mol. The molecule has 0 radical (unpaired) electrons. The van der Waals surface area contributed by atoms with Crippen LogP contribution in [0.5, 0.6) is 11.5 Å². The van der Waals surface area contributed by atoms with Gasteiger partial charge >= 0.3 is 5.69 Å². The number of ether oxygens (including phenoxy) is 2. The molecule has 0 atom stereocenters. The normalized spacial score (nSPS) is 11.2. The number of hydrogen-bond acceptors (Lipinski definition) is 9. The smallest absolute Gasteiger partial charge is 0.315 e. The molecule has 0 aliphatic rings. The van der Waals surface area contributed by atoms with E-state index in [-0.39, 0.29) is 35.3 Å². The number of benzene rings is 3. The fourth-order valence-electron chi connectivity index (χ4n) is 3.97. The Morgan fingerprint density at radius 1 is 1.21 bits per heavy atom. The van der Waals surface area contributed by atoms with Gasteiger partial charge in [0.1, 0.15) is 11.7 Å². The summed E-state index contributed by atoms with van der Waals surface area (Å²) in [5.74, 6) is 0.276. The summed E-state index contributed by atoms with van der Waals surface area (Å²) in [5.41, 5.74) is 0.333. The first-order valence-electron chi connectivity index (χ1n) is 11.6. The molecule has 194 valence electrons. The molecule has 0 N–H and O–H groups in total. The van der Waals surface area contributed by atoms with Gasteiger partial charge in [0, 0.05) is 22.0 Å². The number of hydrogen-bond donors (Lipinski definition) is 0. The van der Waals surface area contributed by atoms with Crippen molar-refractivity contribution in [3.63, 3.8) is 0 Å². The first kappa shape index (κ1) is 25.4. The third-order valence-corrected chi connectivity index (χ3v) is 5.85. The monoisotopic (exact) mass is 543 g/mol. The van der Waals surface area contributed by atoms with Crippen molar-refractivity contribution in [3.05, 3.63) is 91.7 Å². The summed E-state index contributed by atoms with van der Waals surface area (Å²) in [6.07, 6.45) is 1.27. The van der Waals surface area contributed by atoms with Crippen LogP contribution in [0.2, 0.25) is 5.02 Å². The number of nitro benzene ring substituents is 1. The number of fused-ring (bicyclic) bond motifs is 2. The largest absolute Gasteiger partial charge is 0.490 e. The maximum Gasteiger partial charge on any atom is 0.315 e. The van der Waals surface area contributed by atoms with Crippen LogP contribution in [0.15, 0.2) is 75.0 Å². The lowest BCUT2D eigenvalue weighted by atomic mass is 10.2. The van der Waals surface area contributed by atoms with Crippen molar-refractivity contribution >= 4 is 45.4 Å². The van der Waals surface area contributed by atoms with E-state index in [4.69, 9.17) is 30.8 Å². The minimum Gasteiger partial charge on any atom is -0.490 e. The molecule has 0 aliphatic heterocycles. The van der Waals surface area contributed by atoms with Gasteiger partial charge in [-0.2, -0.15) is 15.0 Å². The number of nitro groups is 1. The zero-order valence-corrected chi connectivity index (χ0v) is 21.1. The molecule has 5 rings (SSSR count). The molecule has 0 fully saturated rings. The number of aromatic nitrogens is 2. The van der Waals surface area contributed by atoms with Crippen molar-refractivity contribution in [1.29, 1.82) is 5.26 Å². The van der Waals surface area contributed by atoms with E-state index >= 15 is 0 Å². The molecule has 12 heteroatoms. The second-order valence-corrected chi connectivity index (χ2v) is 8.55. The Kier molecular flexibility index (Phi) is 6.94. The zero-order chi connectivity index (χ0) is 27.5. The molecule has 0 spiro atoms. The third kappa shape index (κ3) is 5.01. The van der Waals surface area contributed by atoms with Crippen LogP contribution in [0.25, 0.3) is 33.5 Å². The fraction of sp³-hybridized carbons (Fsp3) is 0.111. The van der Waals surface area contributed by atoms with Crippen molar-refractivity contribution in [2.45, 2.75) is 6.92 Å². The maximum atomic E-state index is 13.5. The highest BCUT2D eigenvalue weighted by Crippen LogP contribution is 2.38.